The predicted octanol–water partition coefficient (Wildman–Crippen LogP) is 3.00. The maximum absolute atomic E-state index is 12.2. The van der Waals surface area contributed by atoms with Gasteiger partial charge in [-0.05, 0) is 24.3 Å². The number of carbonyl (C=O) groups excluding carboxylic acids is 1. The highest BCUT2D eigenvalue weighted by atomic mass is 35.5. The molecule has 0 spiro atoms. The Morgan fingerprint density at radius 1 is 1.20 bits per heavy atom. The largest absolute Gasteiger partial charge is 0.497 e. The fourth-order valence-corrected chi connectivity index (χ4v) is 1.73. The van der Waals surface area contributed by atoms with Gasteiger partial charge < -0.3 is 14.8 Å². The molecule has 1 N–H and O–H groups in total. The van der Waals surface area contributed by atoms with Crippen molar-refractivity contribution in [1.82, 2.24) is 4.98 Å². The molecule has 0 saturated heterocycles. The lowest BCUT2D eigenvalue weighted by atomic mass is 10.1. The van der Waals surface area contributed by atoms with E-state index < -0.39 is 0 Å². The van der Waals surface area contributed by atoms with Crippen LogP contribution in [0.2, 0.25) is 5.02 Å². The van der Waals surface area contributed by atoms with E-state index >= 15 is 0 Å². The zero-order valence-electron chi connectivity index (χ0n) is 11.0. The van der Waals surface area contributed by atoms with Crippen molar-refractivity contribution < 1.29 is 14.3 Å². The Bertz CT molecular complexity index is 614. The highest BCUT2D eigenvalue weighted by Crippen LogP contribution is 2.25. The van der Waals surface area contributed by atoms with E-state index in [9.17, 15) is 4.79 Å². The molecule has 0 saturated carbocycles. The summed E-state index contributed by atoms with van der Waals surface area (Å²) in [6, 6.07) is 8.23. The van der Waals surface area contributed by atoms with Gasteiger partial charge in [0.05, 0.1) is 24.8 Å². The van der Waals surface area contributed by atoms with Gasteiger partial charge in [0.15, 0.2) is 0 Å². The summed E-state index contributed by atoms with van der Waals surface area (Å²) in [5, 5.41) is 3.17. The summed E-state index contributed by atoms with van der Waals surface area (Å²) in [6.07, 6.45) is 1.46. The van der Waals surface area contributed by atoms with Crippen molar-refractivity contribution in [2.75, 3.05) is 19.5 Å². The number of nitrogens with zero attached hydrogens (tertiary/aromatic N) is 1. The van der Waals surface area contributed by atoms with Gasteiger partial charge in [-0.15, -0.1) is 0 Å². The molecule has 20 heavy (non-hydrogen) atoms. The summed E-state index contributed by atoms with van der Waals surface area (Å²) < 4.78 is 10.3. The minimum absolute atomic E-state index is 0.320. The molecular formula is C14H13ClN2O3. The molecular weight excluding hydrogens is 280 g/mol. The fourth-order valence-electron chi connectivity index (χ4n) is 1.62. The zero-order chi connectivity index (χ0) is 14.5. The van der Waals surface area contributed by atoms with Crippen LogP contribution in [-0.2, 0) is 0 Å². The molecule has 2 aromatic rings. The fraction of sp³-hybridized carbons (Fsp3) is 0.143. The zero-order valence-corrected chi connectivity index (χ0v) is 11.8. The summed E-state index contributed by atoms with van der Waals surface area (Å²) >= 11 is 5.74. The normalized spacial score (nSPS) is 9.95. The summed E-state index contributed by atoms with van der Waals surface area (Å²) in [5.74, 6) is 1.13. The number of amides is 1. The van der Waals surface area contributed by atoms with Crippen molar-refractivity contribution in [2.45, 2.75) is 0 Å². The van der Waals surface area contributed by atoms with Crippen LogP contribution in [0.15, 0.2) is 36.5 Å². The summed E-state index contributed by atoms with van der Waals surface area (Å²) in [7, 11) is 3.04. The molecule has 5 nitrogen and oxygen atoms in total. The Kier molecular flexibility index (Phi) is 4.42. The van der Waals surface area contributed by atoms with Gasteiger partial charge in [-0.25, -0.2) is 4.98 Å². The minimum Gasteiger partial charge on any atom is -0.497 e. The number of hydrogen-bond acceptors (Lipinski definition) is 4. The molecule has 1 amide bonds. The maximum atomic E-state index is 12.2. The summed E-state index contributed by atoms with van der Waals surface area (Å²) in [4.78, 5) is 16.2. The molecule has 0 aliphatic carbocycles. The van der Waals surface area contributed by atoms with E-state index in [1.807, 2.05) is 0 Å². The molecule has 1 heterocycles. The lowest BCUT2D eigenvalue weighted by Crippen LogP contribution is -2.14. The van der Waals surface area contributed by atoms with Crippen molar-refractivity contribution in [3.63, 3.8) is 0 Å². The summed E-state index contributed by atoms with van der Waals surface area (Å²) in [6.45, 7) is 0. The lowest BCUT2D eigenvalue weighted by Gasteiger charge is -2.10. The monoisotopic (exact) mass is 292 g/mol. The average Bonchev–Trinajstić information content (AvgIpc) is 2.48. The van der Waals surface area contributed by atoms with Gasteiger partial charge in [-0.3, -0.25) is 4.79 Å². The quantitative estimate of drug-likeness (QED) is 0.941. The smallest absolute Gasteiger partial charge is 0.260 e. The van der Waals surface area contributed by atoms with Gasteiger partial charge in [-0.1, -0.05) is 11.6 Å². The van der Waals surface area contributed by atoms with E-state index in [0.29, 0.717) is 27.9 Å². The first-order chi connectivity index (χ1) is 9.63. The molecule has 104 valence electrons. The highest BCUT2D eigenvalue weighted by molar-refractivity contribution is 6.30. The number of halogens is 1. The number of nitrogens with one attached hydrogen (secondary N) is 1. The van der Waals surface area contributed by atoms with Gasteiger partial charge in [0.2, 0.25) is 0 Å². The van der Waals surface area contributed by atoms with E-state index in [0.717, 1.165) is 0 Å². The van der Waals surface area contributed by atoms with Crippen molar-refractivity contribution in [2.24, 2.45) is 0 Å². The van der Waals surface area contributed by atoms with Gasteiger partial charge in [-0.2, -0.15) is 0 Å². The second-order valence-electron chi connectivity index (χ2n) is 3.88. The molecule has 0 aliphatic heterocycles. The standard InChI is InChI=1S/C14H13ClN2O3/c1-19-10-4-5-11(12(7-10)20-2)14(18)17-13-6-3-9(15)8-16-13/h3-8H,1-2H3,(H,16,17,18). The number of ether oxygens (including phenoxy) is 2. The van der Waals surface area contributed by atoms with E-state index in [2.05, 4.69) is 10.3 Å². The first kappa shape index (κ1) is 14.1. The van der Waals surface area contributed by atoms with Crippen LogP contribution >= 0.6 is 11.6 Å². The second-order valence-corrected chi connectivity index (χ2v) is 4.32. The first-order valence-electron chi connectivity index (χ1n) is 5.79. The molecule has 1 aromatic heterocycles. The van der Waals surface area contributed by atoms with E-state index in [-0.39, 0.29) is 5.91 Å². The molecule has 0 aliphatic rings. The van der Waals surface area contributed by atoms with E-state index in [1.54, 1.807) is 37.4 Å². The average molecular weight is 293 g/mol. The Morgan fingerprint density at radius 3 is 2.60 bits per heavy atom. The highest BCUT2D eigenvalue weighted by Gasteiger charge is 2.13. The van der Waals surface area contributed by atoms with Crippen molar-refractivity contribution >= 4 is 23.3 Å². The SMILES string of the molecule is COc1ccc(C(=O)Nc2ccc(Cl)cn2)c(OC)c1. The summed E-state index contributed by atoms with van der Waals surface area (Å²) in [5.41, 5.74) is 0.394. The Balaban J connectivity index is 2.22. The van der Waals surface area contributed by atoms with Crippen LogP contribution in [0, 0.1) is 0 Å². The lowest BCUT2D eigenvalue weighted by molar-refractivity contribution is 0.102. The van der Waals surface area contributed by atoms with Gasteiger partial charge in [0.1, 0.15) is 17.3 Å². The number of aromatic nitrogens is 1. The van der Waals surface area contributed by atoms with Crippen molar-refractivity contribution in [3.8, 4) is 11.5 Å². The van der Waals surface area contributed by atoms with Crippen LogP contribution in [-0.4, -0.2) is 25.1 Å². The molecule has 6 heteroatoms. The minimum atomic E-state index is -0.320. The maximum Gasteiger partial charge on any atom is 0.260 e. The van der Waals surface area contributed by atoms with Crippen molar-refractivity contribution in [1.29, 1.82) is 0 Å². The van der Waals surface area contributed by atoms with E-state index in [1.165, 1.54) is 13.3 Å². The molecule has 0 bridgehead atoms. The predicted molar refractivity (Wildman–Crippen MR) is 76.7 cm³/mol. The number of methoxy groups -OCH3 is 2. The number of pyridine rings is 1. The third-order valence-electron chi connectivity index (χ3n) is 2.62. The van der Waals surface area contributed by atoms with Crippen LogP contribution in [0.3, 0.4) is 0 Å². The molecule has 0 unspecified atom stereocenters. The van der Waals surface area contributed by atoms with Crippen LogP contribution in [0.1, 0.15) is 10.4 Å². The number of rotatable bonds is 4. The molecule has 0 radical (unpaired) electrons. The van der Waals surface area contributed by atoms with Crippen LogP contribution < -0.4 is 14.8 Å². The number of hydrogen-bond donors (Lipinski definition) is 1. The topological polar surface area (TPSA) is 60.5 Å². The Morgan fingerprint density at radius 2 is 2.00 bits per heavy atom. The molecule has 0 fully saturated rings. The molecule has 0 atom stereocenters. The third-order valence-corrected chi connectivity index (χ3v) is 2.85. The van der Waals surface area contributed by atoms with Crippen LogP contribution in [0.25, 0.3) is 0 Å². The Labute approximate surface area is 121 Å². The molecule has 1 aromatic carbocycles. The van der Waals surface area contributed by atoms with Gasteiger partial charge in [0, 0.05) is 12.3 Å². The number of benzene rings is 1. The number of anilines is 1. The van der Waals surface area contributed by atoms with Crippen LogP contribution in [0.4, 0.5) is 5.82 Å². The molecule has 2 rings (SSSR count). The number of carbonyl (C=O) groups is 1. The third kappa shape index (κ3) is 3.19. The van der Waals surface area contributed by atoms with E-state index in [4.69, 9.17) is 21.1 Å². The first-order valence-corrected chi connectivity index (χ1v) is 6.17. The van der Waals surface area contributed by atoms with Gasteiger partial charge >= 0.3 is 0 Å². The second kappa shape index (κ2) is 6.25. The van der Waals surface area contributed by atoms with Crippen LogP contribution in [0.5, 0.6) is 11.5 Å². The van der Waals surface area contributed by atoms with Crippen molar-refractivity contribution in [3.05, 3.63) is 47.1 Å². The Hall–Kier alpha value is -2.27. The van der Waals surface area contributed by atoms with Gasteiger partial charge in [0.25, 0.3) is 5.91 Å².